The lowest BCUT2D eigenvalue weighted by Crippen LogP contribution is -2.21. The minimum Gasteiger partial charge on any atom is -0.319 e. The Hall–Kier alpha value is -0.820. The van der Waals surface area contributed by atoms with E-state index in [0.29, 0.717) is 0 Å². The summed E-state index contributed by atoms with van der Waals surface area (Å²) in [5.74, 6) is 1.58. The van der Waals surface area contributed by atoms with Gasteiger partial charge in [0.15, 0.2) is 0 Å². The first-order valence-electron chi connectivity index (χ1n) is 6.82. The molecule has 0 fully saturated rings. The standard InChI is InChI=1S/C16H27N/c1-13(2)9-10-15(12-17-4)11-16-8-6-5-7-14(16)3/h5-8,13,15,17H,9-12H2,1-4H3. The zero-order valence-electron chi connectivity index (χ0n) is 11.8. The third-order valence-corrected chi connectivity index (χ3v) is 3.41. The van der Waals surface area contributed by atoms with E-state index < -0.39 is 0 Å². The molecular formula is C16H27N. The Bertz CT molecular complexity index is 317. The van der Waals surface area contributed by atoms with Crippen LogP contribution in [0.15, 0.2) is 24.3 Å². The first-order chi connectivity index (χ1) is 8.13. The predicted octanol–water partition coefficient (Wildman–Crippen LogP) is 3.81. The lowest BCUT2D eigenvalue weighted by Gasteiger charge is -2.18. The lowest BCUT2D eigenvalue weighted by atomic mass is 9.90. The van der Waals surface area contributed by atoms with E-state index in [1.165, 1.54) is 30.4 Å². The van der Waals surface area contributed by atoms with Crippen LogP contribution in [0.2, 0.25) is 0 Å². The van der Waals surface area contributed by atoms with Gasteiger partial charge < -0.3 is 5.32 Å². The average Bonchev–Trinajstić information content (AvgIpc) is 2.29. The van der Waals surface area contributed by atoms with Gasteiger partial charge in [-0.25, -0.2) is 0 Å². The molecule has 0 saturated heterocycles. The van der Waals surface area contributed by atoms with E-state index in [1.54, 1.807) is 0 Å². The van der Waals surface area contributed by atoms with Gasteiger partial charge in [-0.2, -0.15) is 0 Å². The zero-order valence-corrected chi connectivity index (χ0v) is 11.8. The molecule has 0 spiro atoms. The minimum atomic E-state index is 0.767. The molecule has 1 atom stereocenters. The van der Waals surface area contributed by atoms with E-state index in [-0.39, 0.29) is 0 Å². The van der Waals surface area contributed by atoms with Crippen LogP contribution in [0.3, 0.4) is 0 Å². The third kappa shape index (κ3) is 5.36. The van der Waals surface area contributed by atoms with Crippen LogP contribution in [0.25, 0.3) is 0 Å². The zero-order chi connectivity index (χ0) is 12.7. The van der Waals surface area contributed by atoms with E-state index >= 15 is 0 Å². The number of rotatable bonds is 7. The molecule has 1 N–H and O–H groups in total. The van der Waals surface area contributed by atoms with Crippen molar-refractivity contribution in [1.29, 1.82) is 0 Å². The normalized spacial score (nSPS) is 13.0. The van der Waals surface area contributed by atoms with E-state index in [0.717, 1.165) is 18.4 Å². The molecule has 96 valence electrons. The highest BCUT2D eigenvalue weighted by Gasteiger charge is 2.11. The molecule has 0 amide bonds. The highest BCUT2D eigenvalue weighted by atomic mass is 14.8. The van der Waals surface area contributed by atoms with Crippen LogP contribution in [0.1, 0.15) is 37.8 Å². The van der Waals surface area contributed by atoms with Gasteiger partial charge in [-0.05, 0) is 56.3 Å². The molecule has 0 aliphatic rings. The summed E-state index contributed by atoms with van der Waals surface area (Å²) in [5, 5.41) is 3.33. The number of hydrogen-bond donors (Lipinski definition) is 1. The van der Waals surface area contributed by atoms with Gasteiger partial charge in [-0.1, -0.05) is 44.5 Å². The Morgan fingerprint density at radius 2 is 1.82 bits per heavy atom. The molecule has 0 bridgehead atoms. The van der Waals surface area contributed by atoms with Gasteiger partial charge in [-0.3, -0.25) is 0 Å². The molecule has 0 aromatic heterocycles. The topological polar surface area (TPSA) is 12.0 Å². The van der Waals surface area contributed by atoms with E-state index in [2.05, 4.69) is 57.4 Å². The first kappa shape index (κ1) is 14.2. The maximum Gasteiger partial charge on any atom is -0.00203 e. The number of benzene rings is 1. The molecular weight excluding hydrogens is 206 g/mol. The summed E-state index contributed by atoms with van der Waals surface area (Å²) in [6, 6.07) is 8.77. The van der Waals surface area contributed by atoms with Crippen LogP contribution in [-0.2, 0) is 6.42 Å². The second kappa shape index (κ2) is 7.50. The van der Waals surface area contributed by atoms with Crippen molar-refractivity contribution in [2.45, 2.75) is 40.0 Å². The SMILES string of the molecule is CNCC(CCC(C)C)Cc1ccccc1C. The van der Waals surface area contributed by atoms with E-state index in [9.17, 15) is 0 Å². The maximum absolute atomic E-state index is 3.33. The van der Waals surface area contributed by atoms with Gasteiger partial charge in [0.25, 0.3) is 0 Å². The summed E-state index contributed by atoms with van der Waals surface area (Å²) in [6.07, 6.45) is 3.87. The van der Waals surface area contributed by atoms with Crippen molar-refractivity contribution in [3.8, 4) is 0 Å². The molecule has 1 unspecified atom stereocenters. The van der Waals surface area contributed by atoms with Crippen molar-refractivity contribution in [3.05, 3.63) is 35.4 Å². The van der Waals surface area contributed by atoms with Gasteiger partial charge in [0.05, 0.1) is 0 Å². The Balaban J connectivity index is 2.56. The fraction of sp³-hybridized carbons (Fsp3) is 0.625. The molecule has 1 rings (SSSR count). The van der Waals surface area contributed by atoms with E-state index in [1.807, 2.05) is 0 Å². The van der Waals surface area contributed by atoms with Gasteiger partial charge in [-0.15, -0.1) is 0 Å². The largest absolute Gasteiger partial charge is 0.319 e. The molecule has 1 nitrogen and oxygen atoms in total. The quantitative estimate of drug-likeness (QED) is 0.755. The van der Waals surface area contributed by atoms with Crippen LogP contribution in [-0.4, -0.2) is 13.6 Å². The Kier molecular flexibility index (Phi) is 6.28. The molecule has 0 aliphatic heterocycles. The Morgan fingerprint density at radius 3 is 2.41 bits per heavy atom. The molecule has 17 heavy (non-hydrogen) atoms. The van der Waals surface area contributed by atoms with Crippen molar-refractivity contribution in [3.63, 3.8) is 0 Å². The summed E-state index contributed by atoms with van der Waals surface area (Å²) in [5.41, 5.74) is 2.94. The highest BCUT2D eigenvalue weighted by molar-refractivity contribution is 5.25. The van der Waals surface area contributed by atoms with Crippen molar-refractivity contribution >= 4 is 0 Å². The molecule has 0 aliphatic carbocycles. The summed E-state index contributed by atoms with van der Waals surface area (Å²) >= 11 is 0. The Morgan fingerprint density at radius 1 is 1.12 bits per heavy atom. The number of hydrogen-bond acceptors (Lipinski definition) is 1. The molecule has 0 saturated carbocycles. The summed E-state index contributed by atoms with van der Waals surface area (Å²) in [4.78, 5) is 0. The summed E-state index contributed by atoms with van der Waals surface area (Å²) < 4.78 is 0. The van der Waals surface area contributed by atoms with Crippen molar-refractivity contribution in [1.82, 2.24) is 5.32 Å². The summed E-state index contributed by atoms with van der Waals surface area (Å²) in [7, 11) is 2.06. The smallest absolute Gasteiger partial charge is 0.00203 e. The number of aryl methyl sites for hydroxylation is 1. The van der Waals surface area contributed by atoms with Crippen LogP contribution < -0.4 is 5.32 Å². The van der Waals surface area contributed by atoms with Crippen molar-refractivity contribution in [2.24, 2.45) is 11.8 Å². The van der Waals surface area contributed by atoms with Gasteiger partial charge in [0.2, 0.25) is 0 Å². The molecule has 1 aromatic carbocycles. The average molecular weight is 233 g/mol. The molecule has 0 radical (unpaired) electrons. The van der Waals surface area contributed by atoms with Gasteiger partial charge in [0.1, 0.15) is 0 Å². The minimum absolute atomic E-state index is 0.767. The maximum atomic E-state index is 3.33. The number of nitrogens with one attached hydrogen (secondary N) is 1. The second-order valence-corrected chi connectivity index (χ2v) is 5.53. The summed E-state index contributed by atoms with van der Waals surface area (Å²) in [6.45, 7) is 7.96. The lowest BCUT2D eigenvalue weighted by molar-refractivity contribution is 0.408. The highest BCUT2D eigenvalue weighted by Crippen LogP contribution is 2.19. The molecule has 1 aromatic rings. The predicted molar refractivity (Wildman–Crippen MR) is 76.4 cm³/mol. The fourth-order valence-electron chi connectivity index (χ4n) is 2.28. The first-order valence-corrected chi connectivity index (χ1v) is 6.82. The van der Waals surface area contributed by atoms with E-state index in [4.69, 9.17) is 0 Å². The molecule has 1 heteroatoms. The van der Waals surface area contributed by atoms with Gasteiger partial charge >= 0.3 is 0 Å². The van der Waals surface area contributed by atoms with Crippen LogP contribution in [0.5, 0.6) is 0 Å². The van der Waals surface area contributed by atoms with Crippen LogP contribution in [0, 0.1) is 18.8 Å². The van der Waals surface area contributed by atoms with Crippen LogP contribution in [0.4, 0.5) is 0 Å². The van der Waals surface area contributed by atoms with Crippen molar-refractivity contribution < 1.29 is 0 Å². The van der Waals surface area contributed by atoms with Crippen molar-refractivity contribution in [2.75, 3.05) is 13.6 Å². The monoisotopic (exact) mass is 233 g/mol. The van der Waals surface area contributed by atoms with Crippen LogP contribution >= 0.6 is 0 Å². The fourth-order valence-corrected chi connectivity index (χ4v) is 2.28. The third-order valence-electron chi connectivity index (χ3n) is 3.41. The second-order valence-electron chi connectivity index (χ2n) is 5.53. The van der Waals surface area contributed by atoms with Gasteiger partial charge in [0, 0.05) is 0 Å². The Labute approximate surface area is 107 Å². The molecule has 0 heterocycles.